The summed E-state index contributed by atoms with van der Waals surface area (Å²) >= 11 is 5.49. The lowest BCUT2D eigenvalue weighted by atomic mass is 10.3. The van der Waals surface area contributed by atoms with E-state index in [1.54, 1.807) is 6.07 Å². The summed E-state index contributed by atoms with van der Waals surface area (Å²) in [5.74, 6) is 1.30. The van der Waals surface area contributed by atoms with E-state index < -0.39 is 0 Å². The van der Waals surface area contributed by atoms with Crippen LogP contribution in [0.3, 0.4) is 0 Å². The first-order valence-electron chi connectivity index (χ1n) is 4.15. The molecule has 5 heteroatoms. The maximum Gasteiger partial charge on any atom is 0.223 e. The summed E-state index contributed by atoms with van der Waals surface area (Å²) in [6.45, 7) is 0. The topological polar surface area (TPSA) is 35.0 Å². The lowest BCUT2D eigenvalue weighted by Crippen LogP contribution is -1.89. The fraction of sp³-hybridized carbons (Fsp3) is 0. The molecule has 1 heterocycles. The van der Waals surface area contributed by atoms with Crippen LogP contribution in [0.5, 0.6) is 11.6 Å². The van der Waals surface area contributed by atoms with E-state index in [9.17, 15) is 0 Å². The van der Waals surface area contributed by atoms with E-state index in [0.717, 1.165) is 9.32 Å². The second-order valence-electron chi connectivity index (χ2n) is 2.74. The van der Waals surface area contributed by atoms with Crippen LogP contribution in [0.2, 0.25) is 0 Å². The lowest BCUT2D eigenvalue weighted by molar-refractivity contribution is 0.460. The minimum absolute atomic E-state index is 0.527. The zero-order valence-corrected chi connectivity index (χ0v) is 11.3. The summed E-state index contributed by atoms with van der Waals surface area (Å²) in [5.41, 5.74) is 0. The Hall–Kier alpha value is -0.690. The van der Waals surface area contributed by atoms with Gasteiger partial charge in [0.15, 0.2) is 0 Å². The van der Waals surface area contributed by atoms with Crippen molar-refractivity contribution in [2.75, 3.05) is 0 Å². The van der Waals surface area contributed by atoms with E-state index in [1.807, 2.05) is 24.3 Å². The molecule has 0 aliphatic rings. The molecule has 1 aromatic carbocycles. The van der Waals surface area contributed by atoms with Gasteiger partial charge >= 0.3 is 0 Å². The Balaban J connectivity index is 2.22. The highest BCUT2D eigenvalue weighted by Crippen LogP contribution is 2.22. The number of halogens is 2. The number of benzene rings is 1. The predicted molar refractivity (Wildman–Crippen MR) is 69.0 cm³/mol. The summed E-state index contributed by atoms with van der Waals surface area (Å²) in [6.07, 6.45) is 1.45. The van der Waals surface area contributed by atoms with Crippen LogP contribution < -0.4 is 4.74 Å². The molecular weight excluding hydrogens is 371 g/mol. The second-order valence-corrected chi connectivity index (χ2v) is 4.80. The standard InChI is InChI=1S/C10H6BrIN2O/c11-9-5-10(14-6-13-9)15-8-3-1-2-7(12)4-8/h1-6H. The van der Waals surface area contributed by atoms with Gasteiger partial charge < -0.3 is 4.74 Å². The van der Waals surface area contributed by atoms with Crippen LogP contribution in [0.25, 0.3) is 0 Å². The Morgan fingerprint density at radius 1 is 1.20 bits per heavy atom. The monoisotopic (exact) mass is 376 g/mol. The van der Waals surface area contributed by atoms with Crippen molar-refractivity contribution in [1.29, 1.82) is 0 Å². The second kappa shape index (κ2) is 4.89. The number of hydrogen-bond acceptors (Lipinski definition) is 3. The van der Waals surface area contributed by atoms with E-state index in [4.69, 9.17) is 4.74 Å². The third-order valence-corrected chi connectivity index (χ3v) is 2.73. The van der Waals surface area contributed by atoms with Gasteiger partial charge in [-0.05, 0) is 56.7 Å². The first-order chi connectivity index (χ1) is 7.24. The van der Waals surface area contributed by atoms with Crippen LogP contribution in [0.1, 0.15) is 0 Å². The fourth-order valence-electron chi connectivity index (χ4n) is 1.02. The molecule has 2 rings (SSSR count). The molecule has 0 fully saturated rings. The molecule has 0 spiro atoms. The Kier molecular flexibility index (Phi) is 3.53. The van der Waals surface area contributed by atoms with Gasteiger partial charge in [-0.2, -0.15) is 0 Å². The first-order valence-corrected chi connectivity index (χ1v) is 6.02. The van der Waals surface area contributed by atoms with Gasteiger partial charge in [0, 0.05) is 9.64 Å². The van der Waals surface area contributed by atoms with E-state index >= 15 is 0 Å². The third kappa shape index (κ3) is 3.13. The Morgan fingerprint density at radius 3 is 2.80 bits per heavy atom. The van der Waals surface area contributed by atoms with Crippen LogP contribution in [-0.4, -0.2) is 9.97 Å². The van der Waals surface area contributed by atoms with Crippen molar-refractivity contribution in [2.24, 2.45) is 0 Å². The zero-order chi connectivity index (χ0) is 10.7. The molecule has 2 aromatic rings. The quantitative estimate of drug-likeness (QED) is 0.593. The average molecular weight is 377 g/mol. The molecular formula is C10H6BrIN2O. The third-order valence-electron chi connectivity index (χ3n) is 1.63. The maximum absolute atomic E-state index is 5.55. The van der Waals surface area contributed by atoms with Gasteiger partial charge in [0.2, 0.25) is 5.88 Å². The molecule has 1 aromatic heterocycles. The molecule has 0 amide bonds. The molecule has 0 bridgehead atoms. The molecule has 0 atom stereocenters. The number of hydrogen-bond donors (Lipinski definition) is 0. The van der Waals surface area contributed by atoms with Crippen LogP contribution in [0, 0.1) is 3.57 Å². The van der Waals surface area contributed by atoms with Crippen molar-refractivity contribution in [1.82, 2.24) is 9.97 Å². The van der Waals surface area contributed by atoms with E-state index in [1.165, 1.54) is 6.33 Å². The van der Waals surface area contributed by atoms with Gasteiger partial charge in [0.1, 0.15) is 16.7 Å². The van der Waals surface area contributed by atoms with Crippen LogP contribution in [-0.2, 0) is 0 Å². The molecule has 0 saturated heterocycles. The summed E-state index contributed by atoms with van der Waals surface area (Å²) in [7, 11) is 0. The molecule has 0 radical (unpaired) electrons. The van der Waals surface area contributed by atoms with Gasteiger partial charge in [-0.3, -0.25) is 0 Å². The fourth-order valence-corrected chi connectivity index (χ4v) is 1.83. The van der Waals surface area contributed by atoms with Crippen LogP contribution in [0.4, 0.5) is 0 Å². The largest absolute Gasteiger partial charge is 0.439 e. The molecule has 0 saturated carbocycles. The molecule has 3 nitrogen and oxygen atoms in total. The van der Waals surface area contributed by atoms with Gasteiger partial charge in [0.05, 0.1) is 0 Å². The van der Waals surface area contributed by atoms with E-state index in [-0.39, 0.29) is 0 Å². The van der Waals surface area contributed by atoms with Gasteiger partial charge in [-0.25, -0.2) is 9.97 Å². The molecule has 0 aliphatic heterocycles. The smallest absolute Gasteiger partial charge is 0.223 e. The number of ether oxygens (including phenoxy) is 1. The van der Waals surface area contributed by atoms with E-state index in [0.29, 0.717) is 10.5 Å². The summed E-state index contributed by atoms with van der Waals surface area (Å²) in [4.78, 5) is 7.92. The molecule has 15 heavy (non-hydrogen) atoms. The summed E-state index contributed by atoms with van der Waals surface area (Å²) in [5, 5.41) is 0. The minimum Gasteiger partial charge on any atom is -0.439 e. The Bertz CT molecular complexity index is 435. The number of rotatable bonds is 2. The highest BCUT2D eigenvalue weighted by molar-refractivity contribution is 14.1. The SMILES string of the molecule is Brc1cc(Oc2cccc(I)c2)ncn1. The van der Waals surface area contributed by atoms with Crippen molar-refractivity contribution in [3.8, 4) is 11.6 Å². The Labute approximate surface area is 109 Å². The molecule has 76 valence electrons. The molecule has 0 aliphatic carbocycles. The van der Waals surface area contributed by atoms with Crippen LogP contribution in [0.15, 0.2) is 41.3 Å². The minimum atomic E-state index is 0.527. The van der Waals surface area contributed by atoms with Crippen molar-refractivity contribution in [3.05, 3.63) is 44.8 Å². The molecule has 0 N–H and O–H groups in total. The van der Waals surface area contributed by atoms with Crippen molar-refractivity contribution in [3.63, 3.8) is 0 Å². The highest BCUT2D eigenvalue weighted by atomic mass is 127. The number of aromatic nitrogens is 2. The van der Waals surface area contributed by atoms with Crippen molar-refractivity contribution in [2.45, 2.75) is 0 Å². The zero-order valence-electron chi connectivity index (χ0n) is 7.52. The van der Waals surface area contributed by atoms with Crippen LogP contribution >= 0.6 is 38.5 Å². The lowest BCUT2D eigenvalue weighted by Gasteiger charge is -2.04. The Morgan fingerprint density at radius 2 is 2.07 bits per heavy atom. The van der Waals surface area contributed by atoms with Gasteiger partial charge in [-0.15, -0.1) is 0 Å². The van der Waals surface area contributed by atoms with Gasteiger partial charge in [-0.1, -0.05) is 6.07 Å². The van der Waals surface area contributed by atoms with E-state index in [2.05, 4.69) is 48.5 Å². The van der Waals surface area contributed by atoms with Crippen molar-refractivity contribution < 1.29 is 4.74 Å². The average Bonchev–Trinajstić information content (AvgIpc) is 2.17. The predicted octanol–water partition coefficient (Wildman–Crippen LogP) is 3.64. The summed E-state index contributed by atoms with van der Waals surface area (Å²) < 4.78 is 7.38. The maximum atomic E-state index is 5.55. The first kappa shape index (κ1) is 10.8. The normalized spacial score (nSPS) is 10.0. The van der Waals surface area contributed by atoms with Crippen molar-refractivity contribution >= 4 is 38.5 Å². The highest BCUT2D eigenvalue weighted by Gasteiger charge is 1.99. The molecule has 0 unspecified atom stereocenters. The van der Waals surface area contributed by atoms with Gasteiger partial charge in [0.25, 0.3) is 0 Å². The summed E-state index contributed by atoms with van der Waals surface area (Å²) in [6, 6.07) is 9.49. The number of nitrogens with zero attached hydrogens (tertiary/aromatic N) is 2.